The van der Waals surface area contributed by atoms with Crippen LogP contribution in [0.25, 0.3) is 0 Å². The van der Waals surface area contributed by atoms with Gasteiger partial charge in [0.25, 0.3) is 5.91 Å². The molecule has 26 heavy (non-hydrogen) atoms. The summed E-state index contributed by atoms with van der Waals surface area (Å²) in [6.07, 6.45) is 0. The second-order valence-corrected chi connectivity index (χ2v) is 6.28. The summed E-state index contributed by atoms with van der Waals surface area (Å²) in [7, 11) is 3.27. The minimum absolute atomic E-state index is 0.120. The first-order chi connectivity index (χ1) is 12.6. The largest absolute Gasteiger partial charge is 0.495 e. The van der Waals surface area contributed by atoms with E-state index in [2.05, 4.69) is 5.32 Å². The van der Waals surface area contributed by atoms with Gasteiger partial charge in [0.15, 0.2) is 0 Å². The van der Waals surface area contributed by atoms with Crippen LogP contribution in [0.4, 0.5) is 10.5 Å². The number of rotatable bonds is 3. The van der Waals surface area contributed by atoms with Crippen LogP contribution in [-0.4, -0.2) is 37.5 Å². The molecule has 6 nitrogen and oxygen atoms in total. The van der Waals surface area contributed by atoms with E-state index in [-0.39, 0.29) is 11.9 Å². The van der Waals surface area contributed by atoms with E-state index < -0.39 is 6.04 Å². The summed E-state index contributed by atoms with van der Waals surface area (Å²) >= 11 is 0. The predicted octanol–water partition coefficient (Wildman–Crippen LogP) is 2.69. The minimum Gasteiger partial charge on any atom is -0.495 e. The number of likely N-dealkylation sites (N-methyl/N-ethyl adjacent to an activating group) is 1. The number of nitrogens with zero attached hydrogens (tertiary/aromatic N) is 2. The Morgan fingerprint density at radius 3 is 2.46 bits per heavy atom. The Morgan fingerprint density at radius 2 is 1.73 bits per heavy atom. The zero-order valence-corrected chi connectivity index (χ0v) is 14.6. The third kappa shape index (κ3) is 2.42. The van der Waals surface area contributed by atoms with Crippen LogP contribution in [0.15, 0.2) is 65.9 Å². The molecular formula is C20H19N3O3. The van der Waals surface area contributed by atoms with E-state index >= 15 is 0 Å². The third-order valence-corrected chi connectivity index (χ3v) is 4.87. The Balaban J connectivity index is 1.78. The van der Waals surface area contributed by atoms with Gasteiger partial charge in [0.05, 0.1) is 36.7 Å². The molecule has 4 rings (SSSR count). The fourth-order valence-corrected chi connectivity index (χ4v) is 3.51. The van der Waals surface area contributed by atoms with Gasteiger partial charge >= 0.3 is 6.03 Å². The van der Waals surface area contributed by atoms with Gasteiger partial charge in [-0.25, -0.2) is 4.79 Å². The molecule has 132 valence electrons. The molecule has 6 heteroatoms. The lowest BCUT2D eigenvalue weighted by Gasteiger charge is -2.31. The molecule has 2 aliphatic heterocycles. The Kier molecular flexibility index (Phi) is 3.88. The van der Waals surface area contributed by atoms with Crippen molar-refractivity contribution in [3.8, 4) is 5.75 Å². The average molecular weight is 349 g/mol. The van der Waals surface area contributed by atoms with Crippen molar-refractivity contribution in [1.82, 2.24) is 10.2 Å². The molecule has 0 aromatic heterocycles. The molecule has 1 atom stereocenters. The number of anilines is 1. The van der Waals surface area contributed by atoms with Crippen molar-refractivity contribution in [2.24, 2.45) is 0 Å². The third-order valence-electron chi connectivity index (χ3n) is 4.87. The molecular weight excluding hydrogens is 330 g/mol. The van der Waals surface area contributed by atoms with Crippen molar-refractivity contribution >= 4 is 17.6 Å². The van der Waals surface area contributed by atoms with Crippen LogP contribution in [0.3, 0.4) is 0 Å². The van der Waals surface area contributed by atoms with Crippen LogP contribution in [0.2, 0.25) is 0 Å². The summed E-state index contributed by atoms with van der Waals surface area (Å²) in [6.45, 7) is 0.335. The molecule has 2 aromatic rings. The Hall–Kier alpha value is -3.28. The molecule has 3 amide bonds. The first kappa shape index (κ1) is 16.2. The average Bonchev–Trinajstić information content (AvgIpc) is 3.03. The van der Waals surface area contributed by atoms with E-state index in [1.165, 1.54) is 4.90 Å². The van der Waals surface area contributed by atoms with E-state index in [1.54, 1.807) is 19.1 Å². The van der Waals surface area contributed by atoms with Crippen LogP contribution >= 0.6 is 0 Å². The van der Waals surface area contributed by atoms with Crippen LogP contribution in [0, 0.1) is 0 Å². The van der Waals surface area contributed by atoms with Crippen LogP contribution in [-0.2, 0) is 4.79 Å². The summed E-state index contributed by atoms with van der Waals surface area (Å²) in [5.41, 5.74) is 2.90. The van der Waals surface area contributed by atoms with E-state index in [4.69, 9.17) is 4.74 Å². The van der Waals surface area contributed by atoms with Gasteiger partial charge in [-0.1, -0.05) is 42.5 Å². The number of benzene rings is 2. The highest BCUT2D eigenvalue weighted by Gasteiger charge is 2.43. The van der Waals surface area contributed by atoms with Crippen molar-refractivity contribution in [3.63, 3.8) is 0 Å². The molecule has 2 aromatic carbocycles. The highest BCUT2D eigenvalue weighted by molar-refractivity contribution is 6.12. The number of urea groups is 1. The maximum atomic E-state index is 13.3. The lowest BCUT2D eigenvalue weighted by atomic mass is 9.96. The topological polar surface area (TPSA) is 61.9 Å². The monoisotopic (exact) mass is 349 g/mol. The zero-order chi connectivity index (χ0) is 18.3. The number of methoxy groups -OCH3 is 1. The maximum Gasteiger partial charge on any atom is 0.322 e. The zero-order valence-electron chi connectivity index (χ0n) is 14.6. The smallest absolute Gasteiger partial charge is 0.322 e. The van der Waals surface area contributed by atoms with Gasteiger partial charge < -0.3 is 10.1 Å². The van der Waals surface area contributed by atoms with Gasteiger partial charge in [-0.2, -0.15) is 0 Å². The first-order valence-electron chi connectivity index (χ1n) is 8.39. The molecule has 0 radical (unpaired) electrons. The second kappa shape index (κ2) is 6.22. The molecule has 0 aliphatic carbocycles. The highest BCUT2D eigenvalue weighted by atomic mass is 16.5. The Labute approximate surface area is 151 Å². The summed E-state index contributed by atoms with van der Waals surface area (Å²) in [6, 6.07) is 16.3. The SMILES string of the molecule is COc1ccccc1N1CC2=C(C1=O)C(c1ccccc1)NC(=O)N2C. The number of hydrogen-bond donors (Lipinski definition) is 1. The second-order valence-electron chi connectivity index (χ2n) is 6.28. The van der Waals surface area contributed by atoms with Crippen molar-refractivity contribution in [2.75, 3.05) is 25.6 Å². The normalized spacial score (nSPS) is 19.5. The van der Waals surface area contributed by atoms with Gasteiger partial charge in [0, 0.05) is 7.05 Å². The molecule has 0 saturated carbocycles. The van der Waals surface area contributed by atoms with Crippen LogP contribution < -0.4 is 15.0 Å². The Bertz CT molecular complexity index is 908. The van der Waals surface area contributed by atoms with E-state index in [0.717, 1.165) is 11.3 Å². The maximum absolute atomic E-state index is 13.3. The van der Waals surface area contributed by atoms with Gasteiger partial charge in [-0.15, -0.1) is 0 Å². The van der Waals surface area contributed by atoms with E-state index in [0.29, 0.717) is 23.6 Å². The lowest BCUT2D eigenvalue weighted by molar-refractivity contribution is -0.114. The summed E-state index contributed by atoms with van der Waals surface area (Å²) in [5.74, 6) is 0.504. The summed E-state index contributed by atoms with van der Waals surface area (Å²) < 4.78 is 5.41. The van der Waals surface area contributed by atoms with Crippen molar-refractivity contribution in [3.05, 3.63) is 71.4 Å². The number of carbonyl (C=O) groups is 2. The summed E-state index contributed by atoms with van der Waals surface area (Å²) in [4.78, 5) is 28.9. The molecule has 0 saturated heterocycles. The molecule has 0 bridgehead atoms. The standard InChI is InChI=1S/C20H19N3O3/c1-22-15-12-23(14-10-6-7-11-16(14)26-2)19(24)17(15)18(21-20(22)25)13-8-4-3-5-9-13/h3-11,18H,12H2,1-2H3,(H,21,25). The summed E-state index contributed by atoms with van der Waals surface area (Å²) in [5, 5.41) is 2.94. The number of ether oxygens (including phenoxy) is 1. The molecule has 0 spiro atoms. The highest BCUT2D eigenvalue weighted by Crippen LogP contribution is 2.39. The number of nitrogens with one attached hydrogen (secondary N) is 1. The van der Waals surface area contributed by atoms with Gasteiger partial charge in [0.1, 0.15) is 5.75 Å². The fraction of sp³-hybridized carbons (Fsp3) is 0.200. The van der Waals surface area contributed by atoms with Gasteiger partial charge in [0.2, 0.25) is 0 Å². The van der Waals surface area contributed by atoms with E-state index in [9.17, 15) is 9.59 Å². The molecule has 2 heterocycles. The number of amides is 3. The van der Waals surface area contributed by atoms with Crippen molar-refractivity contribution < 1.29 is 14.3 Å². The van der Waals surface area contributed by atoms with Crippen molar-refractivity contribution in [1.29, 1.82) is 0 Å². The van der Waals surface area contributed by atoms with Gasteiger partial charge in [-0.3, -0.25) is 14.6 Å². The molecule has 2 aliphatic rings. The minimum atomic E-state index is -0.456. The lowest BCUT2D eigenvalue weighted by Crippen LogP contribution is -2.45. The number of carbonyl (C=O) groups excluding carboxylic acids is 2. The first-order valence-corrected chi connectivity index (χ1v) is 8.39. The van der Waals surface area contributed by atoms with Crippen LogP contribution in [0.5, 0.6) is 5.75 Å². The molecule has 1 N–H and O–H groups in total. The number of hydrogen-bond acceptors (Lipinski definition) is 3. The molecule has 1 unspecified atom stereocenters. The fourth-order valence-electron chi connectivity index (χ4n) is 3.51. The quantitative estimate of drug-likeness (QED) is 0.927. The predicted molar refractivity (Wildman–Crippen MR) is 97.9 cm³/mol. The molecule has 0 fully saturated rings. The van der Waals surface area contributed by atoms with Crippen LogP contribution in [0.1, 0.15) is 11.6 Å². The number of para-hydroxylation sites is 2. The van der Waals surface area contributed by atoms with Gasteiger partial charge in [-0.05, 0) is 17.7 Å². The Morgan fingerprint density at radius 1 is 1.04 bits per heavy atom. The van der Waals surface area contributed by atoms with E-state index in [1.807, 2.05) is 54.6 Å². The van der Waals surface area contributed by atoms with Crippen molar-refractivity contribution in [2.45, 2.75) is 6.04 Å².